The molecule has 0 radical (unpaired) electrons. The second kappa shape index (κ2) is 9.29. The molecule has 5 rings (SSSR count). The summed E-state index contributed by atoms with van der Waals surface area (Å²) in [4.78, 5) is 49.7. The van der Waals surface area contributed by atoms with Crippen molar-refractivity contribution in [2.45, 2.75) is 49.2 Å². The molecule has 1 saturated carbocycles. The maximum absolute atomic E-state index is 13.6. The zero-order valence-electron chi connectivity index (χ0n) is 17.6. The van der Waals surface area contributed by atoms with Crippen molar-refractivity contribution in [1.29, 1.82) is 0 Å². The number of carbonyl (C=O) groups excluding carboxylic acids is 3. The van der Waals surface area contributed by atoms with E-state index in [9.17, 15) is 14.4 Å². The summed E-state index contributed by atoms with van der Waals surface area (Å²) in [5.41, 5.74) is 0.801. The zero-order valence-corrected chi connectivity index (χ0v) is 19.9. The molecule has 3 aliphatic rings. The van der Waals surface area contributed by atoms with Crippen LogP contribution in [0.2, 0.25) is 5.15 Å². The first kappa shape index (κ1) is 22.7. The molecule has 2 aromatic rings. The van der Waals surface area contributed by atoms with Gasteiger partial charge in [-0.15, -0.1) is 22.9 Å². The Morgan fingerprint density at radius 1 is 1.21 bits per heavy atom. The van der Waals surface area contributed by atoms with Gasteiger partial charge in [-0.3, -0.25) is 14.4 Å². The molecule has 1 aliphatic carbocycles. The van der Waals surface area contributed by atoms with Crippen LogP contribution in [0.25, 0.3) is 10.4 Å². The molecule has 0 bridgehead atoms. The number of aromatic nitrogens is 2. The van der Waals surface area contributed by atoms with E-state index in [4.69, 9.17) is 27.9 Å². The summed E-state index contributed by atoms with van der Waals surface area (Å²) in [5, 5.41) is 3.11. The number of halogens is 2. The van der Waals surface area contributed by atoms with Crippen LogP contribution in [0.1, 0.15) is 35.5 Å². The summed E-state index contributed by atoms with van der Waals surface area (Å²) < 4.78 is 5.51. The molecule has 33 heavy (non-hydrogen) atoms. The molecule has 3 fully saturated rings. The van der Waals surface area contributed by atoms with Crippen LogP contribution in [0.4, 0.5) is 0 Å². The zero-order chi connectivity index (χ0) is 23.1. The topological polar surface area (TPSA) is 101 Å². The Hall–Kier alpha value is -2.07. The van der Waals surface area contributed by atoms with Crippen molar-refractivity contribution < 1.29 is 19.1 Å². The third-order valence-corrected chi connectivity index (χ3v) is 8.20. The number of ketones is 1. The second-order valence-corrected chi connectivity index (χ2v) is 10.6. The van der Waals surface area contributed by atoms with Crippen LogP contribution in [-0.2, 0) is 14.3 Å². The van der Waals surface area contributed by atoms with Crippen molar-refractivity contribution in [3.8, 4) is 10.4 Å². The van der Waals surface area contributed by atoms with E-state index in [0.29, 0.717) is 5.15 Å². The smallest absolute Gasteiger partial charge is 0.280 e. The molecule has 2 amide bonds. The summed E-state index contributed by atoms with van der Waals surface area (Å²) in [6.07, 6.45) is 6.42. The number of carbonyl (C=O) groups is 3. The maximum atomic E-state index is 13.6. The molecule has 4 heterocycles. The largest absolute Gasteiger partial charge is 0.366 e. The highest BCUT2D eigenvalue weighted by molar-refractivity contribution is 7.17. The van der Waals surface area contributed by atoms with Crippen LogP contribution >= 0.6 is 34.5 Å². The van der Waals surface area contributed by atoms with Gasteiger partial charge in [0.15, 0.2) is 10.8 Å². The normalized spacial score (nSPS) is 25.9. The molecule has 2 aliphatic heterocycles. The van der Waals surface area contributed by atoms with Crippen molar-refractivity contribution in [3.63, 3.8) is 0 Å². The molecular weight excluding hydrogens is 487 g/mol. The molecular formula is C22H22Cl2N4O4S. The van der Waals surface area contributed by atoms with Crippen molar-refractivity contribution in [3.05, 3.63) is 34.7 Å². The molecule has 4 unspecified atom stereocenters. The van der Waals surface area contributed by atoms with Crippen molar-refractivity contribution in [1.82, 2.24) is 20.2 Å². The summed E-state index contributed by atoms with van der Waals surface area (Å²) >= 11 is 13.4. The molecule has 2 saturated heterocycles. The minimum atomic E-state index is -0.736. The number of Topliss-reactive ketones (excluding diaryl/α,β-unsaturated/α-hetero) is 1. The third kappa shape index (κ3) is 4.39. The lowest BCUT2D eigenvalue weighted by Crippen LogP contribution is -2.54. The fourth-order valence-electron chi connectivity index (χ4n) is 4.91. The van der Waals surface area contributed by atoms with E-state index >= 15 is 0 Å². The van der Waals surface area contributed by atoms with E-state index < -0.39 is 29.5 Å². The van der Waals surface area contributed by atoms with E-state index in [0.717, 1.165) is 36.1 Å². The average molecular weight is 509 g/mol. The number of fused-ring (bicyclic) bond motifs is 1. The Bertz CT molecular complexity index is 1070. The number of alkyl halides is 1. The number of rotatable bonds is 5. The van der Waals surface area contributed by atoms with E-state index in [1.165, 1.54) is 16.2 Å². The number of likely N-dealkylation sites (tertiary alicyclic amines) is 1. The van der Waals surface area contributed by atoms with Crippen LogP contribution < -0.4 is 5.32 Å². The summed E-state index contributed by atoms with van der Waals surface area (Å²) in [6, 6.07) is 2.07. The Balaban J connectivity index is 1.35. The lowest BCUT2D eigenvalue weighted by Gasteiger charge is -2.30. The average Bonchev–Trinajstić information content (AvgIpc) is 3.59. The standard InChI is InChI=1S/C22H22Cl2N4O4S/c23-13-9-28(18-14(29)10-32-19(13)18)22(31)17(11-3-1-2-4-11)27-20(30)21-26-8-15(33-21)12-5-6-16(24)25-7-12/h5-8,11,13,17-19H,1-4,9-10H2,(H,27,30). The fraction of sp³-hybridized carbons (Fsp3) is 0.500. The highest BCUT2D eigenvalue weighted by Crippen LogP contribution is 2.34. The first-order valence-electron chi connectivity index (χ1n) is 10.9. The van der Waals surface area contributed by atoms with Gasteiger partial charge < -0.3 is 15.0 Å². The number of ether oxygens (including phenoxy) is 1. The van der Waals surface area contributed by atoms with E-state index in [-0.39, 0.29) is 35.8 Å². The highest BCUT2D eigenvalue weighted by Gasteiger charge is 2.53. The molecule has 1 N–H and O–H groups in total. The van der Waals surface area contributed by atoms with Crippen LogP contribution in [0, 0.1) is 5.92 Å². The van der Waals surface area contributed by atoms with Crippen LogP contribution in [0.3, 0.4) is 0 Å². The van der Waals surface area contributed by atoms with Crippen LogP contribution in [0.15, 0.2) is 24.5 Å². The minimum absolute atomic E-state index is 0.00611. The molecule has 11 heteroatoms. The lowest BCUT2D eigenvalue weighted by molar-refractivity contribution is -0.139. The molecule has 174 valence electrons. The summed E-state index contributed by atoms with van der Waals surface area (Å²) in [5.74, 6) is -0.822. The van der Waals surface area contributed by atoms with Gasteiger partial charge in [0.1, 0.15) is 29.9 Å². The number of amides is 2. The summed E-state index contributed by atoms with van der Waals surface area (Å²) in [6.45, 7) is 0.190. The first-order chi connectivity index (χ1) is 15.9. The van der Waals surface area contributed by atoms with Gasteiger partial charge in [-0.05, 0) is 30.9 Å². The first-order valence-corrected chi connectivity index (χ1v) is 12.5. The Kier molecular flexibility index (Phi) is 6.39. The van der Waals surface area contributed by atoms with Gasteiger partial charge >= 0.3 is 0 Å². The number of hydrogen-bond acceptors (Lipinski definition) is 7. The Morgan fingerprint density at radius 3 is 2.73 bits per heavy atom. The van der Waals surface area contributed by atoms with Crippen molar-refractivity contribution in [2.75, 3.05) is 13.2 Å². The van der Waals surface area contributed by atoms with Crippen molar-refractivity contribution >= 4 is 52.1 Å². The SMILES string of the molecule is O=C(NC(C(=O)N1CC(Cl)C2OCC(=O)C21)C1CCCC1)c1ncc(-c2ccc(Cl)nc2)s1. The minimum Gasteiger partial charge on any atom is -0.366 e. The summed E-state index contributed by atoms with van der Waals surface area (Å²) in [7, 11) is 0. The van der Waals surface area contributed by atoms with Gasteiger partial charge in [0, 0.05) is 24.5 Å². The van der Waals surface area contributed by atoms with E-state index in [1.807, 2.05) is 6.07 Å². The highest BCUT2D eigenvalue weighted by atomic mass is 35.5. The maximum Gasteiger partial charge on any atom is 0.280 e. The van der Waals surface area contributed by atoms with Gasteiger partial charge in [-0.25, -0.2) is 9.97 Å². The third-order valence-electron chi connectivity index (χ3n) is 6.54. The second-order valence-electron chi connectivity index (χ2n) is 8.59. The van der Waals surface area contributed by atoms with Gasteiger partial charge in [0.25, 0.3) is 5.91 Å². The fourth-order valence-corrected chi connectivity index (χ4v) is 6.19. The Morgan fingerprint density at radius 2 is 2.00 bits per heavy atom. The Labute approximate surface area is 204 Å². The number of hydrogen-bond donors (Lipinski definition) is 1. The number of nitrogens with one attached hydrogen (secondary N) is 1. The monoisotopic (exact) mass is 508 g/mol. The molecule has 2 aromatic heterocycles. The van der Waals surface area contributed by atoms with E-state index in [2.05, 4.69) is 15.3 Å². The number of pyridine rings is 1. The van der Waals surface area contributed by atoms with Gasteiger partial charge in [0.05, 0.1) is 10.3 Å². The van der Waals surface area contributed by atoms with Crippen molar-refractivity contribution in [2.24, 2.45) is 5.92 Å². The number of nitrogens with zero attached hydrogens (tertiary/aromatic N) is 3. The lowest BCUT2D eigenvalue weighted by atomic mass is 9.96. The van der Waals surface area contributed by atoms with Gasteiger partial charge in [0.2, 0.25) is 5.91 Å². The predicted molar refractivity (Wildman–Crippen MR) is 123 cm³/mol. The molecule has 8 nitrogen and oxygen atoms in total. The van der Waals surface area contributed by atoms with Crippen LogP contribution in [-0.4, -0.2) is 69.2 Å². The predicted octanol–water partition coefficient (Wildman–Crippen LogP) is 2.93. The van der Waals surface area contributed by atoms with Crippen LogP contribution in [0.5, 0.6) is 0 Å². The van der Waals surface area contributed by atoms with Gasteiger partial charge in [-0.2, -0.15) is 0 Å². The molecule has 0 spiro atoms. The van der Waals surface area contributed by atoms with E-state index in [1.54, 1.807) is 18.5 Å². The quantitative estimate of drug-likeness (QED) is 0.492. The van der Waals surface area contributed by atoms with Gasteiger partial charge in [-0.1, -0.05) is 24.4 Å². The molecule has 4 atom stereocenters. The number of thiazole rings is 1. The molecule has 0 aromatic carbocycles.